The van der Waals surface area contributed by atoms with Gasteiger partial charge in [-0.15, -0.1) is 0 Å². The van der Waals surface area contributed by atoms with Crippen LogP contribution in [-0.2, 0) is 0 Å². The van der Waals surface area contributed by atoms with Crippen LogP contribution >= 0.6 is 24.9 Å². The van der Waals surface area contributed by atoms with Crippen LogP contribution in [0.1, 0.15) is 0 Å². The van der Waals surface area contributed by atoms with Gasteiger partial charge in [-0.2, -0.15) is 0 Å². The third-order valence-corrected chi connectivity index (χ3v) is 12.6. The van der Waals surface area contributed by atoms with E-state index in [0.29, 0.717) is 0 Å². The second-order valence-corrected chi connectivity index (χ2v) is 13.3. The van der Waals surface area contributed by atoms with Crippen LogP contribution in [0.3, 0.4) is 0 Å². The van der Waals surface area contributed by atoms with E-state index < -0.39 is 13.6 Å². The van der Waals surface area contributed by atoms with Crippen LogP contribution in [0.2, 0.25) is 0 Å². The summed E-state index contributed by atoms with van der Waals surface area (Å²) in [6.07, 6.45) is -2.67. The first kappa shape index (κ1) is 19.9. The lowest BCUT2D eigenvalue weighted by molar-refractivity contribution is 1.56. The summed E-state index contributed by atoms with van der Waals surface area (Å²) in [4.78, 5) is 0. The molecule has 0 saturated heterocycles. The maximum Gasteiger partial charge on any atom is 0.128 e. The Hall–Kier alpha value is -2.37. The zero-order valence-electron chi connectivity index (χ0n) is 15.8. The molecule has 0 saturated carbocycles. The molecule has 0 radical (unpaired) electrons. The predicted octanol–water partition coefficient (Wildman–Crippen LogP) is 6.34. The van der Waals surface area contributed by atoms with E-state index in [9.17, 15) is 5.16 Å². The van der Waals surface area contributed by atoms with E-state index in [2.05, 4.69) is 0 Å². The number of hydrogen-bond donors (Lipinski definition) is 1. The molecule has 0 fully saturated rings. The van der Waals surface area contributed by atoms with Gasteiger partial charge in [0.2, 0.25) is 0 Å². The molecular weight excluding hydrogens is 414 g/mol. The van der Waals surface area contributed by atoms with Crippen LogP contribution < -0.4 is 21.2 Å². The molecule has 5 heteroatoms. The number of nitrogens with zero attached hydrogens (tertiary/aromatic N) is 1. The average Bonchev–Trinajstić information content (AvgIpc) is 2.81. The number of halogens is 1. The van der Waals surface area contributed by atoms with Crippen molar-refractivity contribution in [3.05, 3.63) is 121 Å². The molecule has 4 aromatic carbocycles. The minimum absolute atomic E-state index is 0.906. The second kappa shape index (κ2) is 8.56. The Morgan fingerprint density at radius 2 is 0.759 bits per heavy atom. The number of rotatable bonds is 5. The van der Waals surface area contributed by atoms with Crippen LogP contribution in [0.5, 0.6) is 0 Å². The fourth-order valence-corrected chi connectivity index (χ4v) is 10.9. The molecule has 29 heavy (non-hydrogen) atoms. The maximum absolute atomic E-state index is 9.64. The summed E-state index contributed by atoms with van der Waals surface area (Å²) in [6, 6.07) is 39.8. The molecule has 0 spiro atoms. The highest BCUT2D eigenvalue weighted by molar-refractivity contribution is 8.05. The highest BCUT2D eigenvalue weighted by Gasteiger charge is 2.29. The highest BCUT2D eigenvalue weighted by Crippen LogP contribution is 2.63. The SMILES string of the molecule is N=P(N=P(Cl)(c1ccccc1)c1ccccc1)(c1ccccc1)c1ccccc1. The Morgan fingerprint density at radius 3 is 1.07 bits per heavy atom. The lowest BCUT2D eigenvalue weighted by Crippen LogP contribution is -2.17. The summed E-state index contributed by atoms with van der Waals surface area (Å²) in [6.45, 7) is 0. The van der Waals surface area contributed by atoms with Crippen molar-refractivity contribution >= 4 is 46.1 Å². The van der Waals surface area contributed by atoms with Crippen molar-refractivity contribution < 1.29 is 0 Å². The van der Waals surface area contributed by atoms with Gasteiger partial charge in [-0.3, -0.25) is 5.16 Å². The first-order chi connectivity index (χ1) is 14.1. The molecule has 0 aliphatic carbocycles. The summed E-state index contributed by atoms with van der Waals surface area (Å²) in [7, 11) is -2.83. The third kappa shape index (κ3) is 4.02. The normalized spacial score (nSPS) is 11.8. The van der Waals surface area contributed by atoms with Crippen molar-refractivity contribution in [1.82, 2.24) is 0 Å². The molecule has 2 nitrogen and oxygen atoms in total. The molecule has 0 amide bonds. The Morgan fingerprint density at radius 1 is 0.483 bits per heavy atom. The minimum Gasteiger partial charge on any atom is -0.289 e. The van der Waals surface area contributed by atoms with E-state index in [1.54, 1.807) is 0 Å². The first-order valence-electron chi connectivity index (χ1n) is 9.33. The molecular formula is C24H21ClN2P2. The lowest BCUT2D eigenvalue weighted by Gasteiger charge is -2.26. The number of benzene rings is 4. The molecule has 0 unspecified atom stereocenters. The number of hydrogen-bond acceptors (Lipinski definition) is 1. The van der Waals surface area contributed by atoms with Gasteiger partial charge >= 0.3 is 0 Å². The molecule has 0 aliphatic heterocycles. The molecule has 0 aliphatic rings. The zero-order chi connectivity index (χ0) is 20.2. The van der Waals surface area contributed by atoms with Gasteiger partial charge in [0, 0.05) is 21.2 Å². The summed E-state index contributed by atoms with van der Waals surface area (Å²) in [5.74, 6) is 0. The van der Waals surface area contributed by atoms with Gasteiger partial charge in [0.15, 0.2) is 0 Å². The van der Waals surface area contributed by atoms with Crippen molar-refractivity contribution in [3.8, 4) is 0 Å². The summed E-state index contributed by atoms with van der Waals surface area (Å²) >= 11 is 7.43. The molecule has 0 aromatic heterocycles. The van der Waals surface area contributed by atoms with Gasteiger partial charge in [0.25, 0.3) is 0 Å². The summed E-state index contributed by atoms with van der Waals surface area (Å²) < 4.78 is 5.28. The van der Waals surface area contributed by atoms with Gasteiger partial charge in [-0.05, 0) is 0 Å². The standard InChI is InChI=1S/C24H21ClN2P2/c25-28(21-13-5-1-6-14-21,22-15-7-2-8-16-22)27-29(26,23-17-9-3-10-18-23)24-19-11-4-12-20-24/h1-20,26H. The van der Waals surface area contributed by atoms with Crippen molar-refractivity contribution in [2.75, 3.05) is 0 Å². The van der Waals surface area contributed by atoms with Gasteiger partial charge in [0.05, 0.1) is 0 Å². The van der Waals surface area contributed by atoms with Crippen molar-refractivity contribution in [3.63, 3.8) is 0 Å². The van der Waals surface area contributed by atoms with Gasteiger partial charge < -0.3 is 0 Å². The van der Waals surface area contributed by atoms with Crippen molar-refractivity contribution in [1.29, 1.82) is 5.16 Å². The third-order valence-electron chi connectivity index (χ3n) is 4.71. The Balaban J connectivity index is 2.06. The molecule has 4 aromatic rings. The Kier molecular flexibility index (Phi) is 5.88. The largest absolute Gasteiger partial charge is 0.289 e. The van der Waals surface area contributed by atoms with E-state index in [1.807, 2.05) is 121 Å². The van der Waals surface area contributed by atoms with E-state index >= 15 is 0 Å². The molecule has 1 N–H and O–H groups in total. The van der Waals surface area contributed by atoms with Crippen LogP contribution in [0.15, 0.2) is 126 Å². The van der Waals surface area contributed by atoms with E-state index in [1.165, 1.54) is 0 Å². The average molecular weight is 435 g/mol. The lowest BCUT2D eigenvalue weighted by atomic mass is 10.4. The Bertz CT molecular complexity index is 1090. The molecule has 0 heterocycles. The highest BCUT2D eigenvalue weighted by atomic mass is 35.7. The first-order valence-corrected chi connectivity index (χ1v) is 13.7. The van der Waals surface area contributed by atoms with Crippen molar-refractivity contribution in [2.24, 2.45) is 4.52 Å². The maximum atomic E-state index is 9.64. The molecule has 0 bridgehead atoms. The quantitative estimate of drug-likeness (QED) is 0.356. The number of nitrogens with one attached hydrogen (secondary N) is 1. The minimum atomic E-state index is -2.83. The zero-order valence-corrected chi connectivity index (χ0v) is 18.3. The fourth-order valence-electron chi connectivity index (χ4n) is 3.23. The molecule has 144 valence electrons. The van der Waals surface area contributed by atoms with Crippen LogP contribution in [0.4, 0.5) is 0 Å². The Labute approximate surface area is 177 Å². The topological polar surface area (TPSA) is 36.2 Å². The van der Waals surface area contributed by atoms with Gasteiger partial charge in [-0.1, -0.05) is 133 Å². The smallest absolute Gasteiger partial charge is 0.128 e. The summed E-state index contributed by atoms with van der Waals surface area (Å²) in [5.41, 5.74) is 0. The monoisotopic (exact) mass is 434 g/mol. The van der Waals surface area contributed by atoms with E-state index in [0.717, 1.165) is 21.2 Å². The van der Waals surface area contributed by atoms with Crippen molar-refractivity contribution in [2.45, 2.75) is 0 Å². The van der Waals surface area contributed by atoms with Gasteiger partial charge in [0.1, 0.15) is 13.6 Å². The molecule has 4 rings (SSSR count). The molecule has 0 atom stereocenters. The van der Waals surface area contributed by atoms with E-state index in [-0.39, 0.29) is 0 Å². The predicted molar refractivity (Wildman–Crippen MR) is 129 cm³/mol. The summed E-state index contributed by atoms with van der Waals surface area (Å²) in [5, 5.41) is 13.4. The van der Waals surface area contributed by atoms with Gasteiger partial charge in [-0.25, -0.2) is 4.52 Å². The fraction of sp³-hybridized carbons (Fsp3) is 0. The second-order valence-electron chi connectivity index (χ2n) is 6.62. The van der Waals surface area contributed by atoms with Crippen LogP contribution in [0.25, 0.3) is 0 Å². The van der Waals surface area contributed by atoms with Crippen LogP contribution in [-0.4, -0.2) is 0 Å². The van der Waals surface area contributed by atoms with E-state index in [4.69, 9.17) is 15.8 Å². The van der Waals surface area contributed by atoms with Crippen LogP contribution in [0, 0.1) is 5.16 Å².